The van der Waals surface area contributed by atoms with Crippen LogP contribution < -0.4 is 10.8 Å². The van der Waals surface area contributed by atoms with E-state index >= 15 is 0 Å². The summed E-state index contributed by atoms with van der Waals surface area (Å²) in [4.78, 5) is 11.8. The fraction of sp³-hybridized carbons (Fsp3) is 0.545. The lowest BCUT2D eigenvalue weighted by molar-refractivity contribution is 0.00970. The fourth-order valence-corrected chi connectivity index (χ4v) is 5.86. The maximum Gasteiger partial charge on any atom is 0.274 e. The highest BCUT2D eigenvalue weighted by Crippen LogP contribution is 2.34. The van der Waals surface area contributed by atoms with E-state index in [2.05, 4.69) is 61.8 Å². The van der Waals surface area contributed by atoms with Gasteiger partial charge in [-0.05, 0) is 59.0 Å². The van der Waals surface area contributed by atoms with Crippen molar-refractivity contribution < 1.29 is 14.7 Å². The Balaban J connectivity index is 1.25. The average Bonchev–Trinajstić information content (AvgIpc) is 3.12. The van der Waals surface area contributed by atoms with E-state index in [0.29, 0.717) is 12.1 Å². The van der Waals surface area contributed by atoms with Crippen LogP contribution in [-0.4, -0.2) is 35.4 Å². The number of rotatable bonds is 12. The van der Waals surface area contributed by atoms with Crippen molar-refractivity contribution >= 4 is 22.5 Å². The van der Waals surface area contributed by atoms with Gasteiger partial charge in [0.1, 0.15) is 0 Å². The van der Waals surface area contributed by atoms with Crippen molar-refractivity contribution in [3.63, 3.8) is 0 Å². The Morgan fingerprint density at radius 2 is 1.64 bits per heavy atom. The molecule has 1 heterocycles. The maximum absolute atomic E-state index is 11.8. The zero-order valence-corrected chi connectivity index (χ0v) is 24.3. The van der Waals surface area contributed by atoms with E-state index in [4.69, 9.17) is 9.94 Å². The third-order valence-electron chi connectivity index (χ3n) is 8.02. The van der Waals surface area contributed by atoms with Crippen molar-refractivity contribution in [2.24, 2.45) is 16.7 Å². The summed E-state index contributed by atoms with van der Waals surface area (Å²) in [6, 6.07) is 16.0. The second-order valence-electron chi connectivity index (χ2n) is 13.1. The van der Waals surface area contributed by atoms with Crippen LogP contribution in [0.1, 0.15) is 88.6 Å². The van der Waals surface area contributed by atoms with Gasteiger partial charge in [0, 0.05) is 41.5 Å². The van der Waals surface area contributed by atoms with E-state index < -0.39 is 5.91 Å². The monoisotopic (exact) mass is 533 g/mol. The highest BCUT2D eigenvalue weighted by Gasteiger charge is 2.26. The molecule has 212 valence electrons. The summed E-state index contributed by atoms with van der Waals surface area (Å²) in [6.07, 6.45) is 11.7. The first-order valence-electron chi connectivity index (χ1n) is 14.6. The lowest BCUT2D eigenvalue weighted by Crippen LogP contribution is -2.31. The zero-order valence-electron chi connectivity index (χ0n) is 24.3. The van der Waals surface area contributed by atoms with Crippen LogP contribution >= 0.6 is 0 Å². The number of ether oxygens (including phenoxy) is 1. The van der Waals surface area contributed by atoms with Gasteiger partial charge in [-0.15, -0.1) is 0 Å². The van der Waals surface area contributed by atoms with Crippen molar-refractivity contribution in [1.82, 2.24) is 10.0 Å². The number of carbonyl (C=O) groups excluding carboxylic acids is 1. The van der Waals surface area contributed by atoms with Gasteiger partial charge in [0.2, 0.25) is 0 Å². The van der Waals surface area contributed by atoms with Gasteiger partial charge in [0.05, 0.1) is 13.2 Å². The molecule has 1 amide bonds. The lowest BCUT2D eigenvalue weighted by Gasteiger charge is -2.32. The summed E-state index contributed by atoms with van der Waals surface area (Å²) in [5.41, 5.74) is 5.62. The number of amides is 1. The van der Waals surface area contributed by atoms with Crippen molar-refractivity contribution in [2.75, 3.05) is 25.1 Å². The molecule has 0 atom stereocenters. The van der Waals surface area contributed by atoms with Gasteiger partial charge in [-0.2, -0.15) is 0 Å². The minimum atomic E-state index is -0.507. The van der Waals surface area contributed by atoms with Gasteiger partial charge in [0.15, 0.2) is 0 Å². The SMILES string of the molecule is CC(C)(CNc1ccc(Cn2ccc3ccc(C(=O)NO)cc32)cc1)COCC(C)(C)CC1CCCCCC1. The molecular formula is C33H47N3O3. The first-order chi connectivity index (χ1) is 18.6. The Hall–Kier alpha value is -2.83. The largest absolute Gasteiger partial charge is 0.384 e. The summed E-state index contributed by atoms with van der Waals surface area (Å²) in [5, 5.41) is 13.6. The Bertz CT molecular complexity index is 1200. The lowest BCUT2D eigenvalue weighted by atomic mass is 9.80. The van der Waals surface area contributed by atoms with E-state index in [9.17, 15) is 4.79 Å². The molecule has 0 unspecified atom stereocenters. The minimum Gasteiger partial charge on any atom is -0.384 e. The smallest absolute Gasteiger partial charge is 0.274 e. The molecule has 0 aliphatic heterocycles. The first-order valence-corrected chi connectivity index (χ1v) is 14.6. The molecule has 6 heteroatoms. The Kier molecular flexibility index (Phi) is 9.73. The van der Waals surface area contributed by atoms with Crippen molar-refractivity contribution in [2.45, 2.75) is 79.2 Å². The Labute approximate surface area is 234 Å². The van der Waals surface area contributed by atoms with Crippen LogP contribution in [0.15, 0.2) is 54.7 Å². The molecule has 0 radical (unpaired) electrons. The number of hydroxylamine groups is 1. The van der Waals surface area contributed by atoms with E-state index in [-0.39, 0.29) is 10.8 Å². The summed E-state index contributed by atoms with van der Waals surface area (Å²) in [5.74, 6) is 0.358. The third kappa shape index (κ3) is 8.58. The maximum atomic E-state index is 11.8. The first kappa shape index (κ1) is 29.2. The average molecular weight is 534 g/mol. The Morgan fingerprint density at radius 3 is 2.33 bits per heavy atom. The molecule has 39 heavy (non-hydrogen) atoms. The van der Waals surface area contributed by atoms with E-state index in [1.54, 1.807) is 17.6 Å². The summed E-state index contributed by atoms with van der Waals surface area (Å²) < 4.78 is 8.40. The van der Waals surface area contributed by atoms with Gasteiger partial charge in [-0.1, -0.05) is 84.4 Å². The molecule has 4 rings (SSSR count). The number of carbonyl (C=O) groups is 1. The van der Waals surface area contributed by atoms with Crippen molar-refractivity contribution in [1.29, 1.82) is 0 Å². The second kappa shape index (κ2) is 13.0. The van der Waals surface area contributed by atoms with Crippen LogP contribution in [0.4, 0.5) is 5.69 Å². The van der Waals surface area contributed by atoms with Gasteiger partial charge < -0.3 is 14.6 Å². The van der Waals surface area contributed by atoms with Crippen LogP contribution in [0.25, 0.3) is 10.9 Å². The molecular weight excluding hydrogens is 486 g/mol. The number of hydrogen-bond acceptors (Lipinski definition) is 4. The molecule has 1 aliphatic rings. The van der Waals surface area contributed by atoms with Crippen LogP contribution in [-0.2, 0) is 11.3 Å². The summed E-state index contributed by atoms with van der Waals surface area (Å²) >= 11 is 0. The molecule has 1 aliphatic carbocycles. The molecule has 0 saturated heterocycles. The molecule has 0 spiro atoms. The highest BCUT2D eigenvalue weighted by molar-refractivity contribution is 5.97. The quantitative estimate of drug-likeness (QED) is 0.127. The number of benzene rings is 2. The molecule has 1 fully saturated rings. The topological polar surface area (TPSA) is 75.5 Å². The number of aromatic nitrogens is 1. The summed E-state index contributed by atoms with van der Waals surface area (Å²) in [7, 11) is 0. The predicted molar refractivity (Wildman–Crippen MR) is 159 cm³/mol. The number of hydrogen-bond donors (Lipinski definition) is 3. The van der Waals surface area contributed by atoms with E-state index in [1.807, 2.05) is 18.3 Å². The molecule has 6 nitrogen and oxygen atoms in total. The van der Waals surface area contributed by atoms with Gasteiger partial charge in [-0.3, -0.25) is 10.0 Å². The standard InChI is InChI=1S/C33H47N3O3/c1-32(2,20-25-9-7-5-6-8-10-25)23-39-24-33(3,4)22-34-29-15-11-26(12-16-29)21-36-18-17-27-13-14-28(19-30(27)36)31(37)35-38/h11-19,25,34,38H,5-10,20-24H2,1-4H3,(H,35,37). The number of nitrogens with one attached hydrogen (secondary N) is 2. The number of nitrogens with zero attached hydrogens (tertiary/aromatic N) is 1. The van der Waals surface area contributed by atoms with E-state index in [0.717, 1.165) is 42.3 Å². The molecule has 1 aromatic heterocycles. The second-order valence-corrected chi connectivity index (χ2v) is 13.1. The summed E-state index contributed by atoms with van der Waals surface area (Å²) in [6.45, 7) is 12.4. The van der Waals surface area contributed by atoms with Gasteiger partial charge in [0.25, 0.3) is 5.91 Å². The fourth-order valence-electron chi connectivity index (χ4n) is 5.86. The van der Waals surface area contributed by atoms with Crippen LogP contribution in [0, 0.1) is 16.7 Å². The van der Waals surface area contributed by atoms with Crippen LogP contribution in [0.2, 0.25) is 0 Å². The van der Waals surface area contributed by atoms with E-state index in [1.165, 1.54) is 50.5 Å². The van der Waals surface area contributed by atoms with Gasteiger partial charge >= 0.3 is 0 Å². The number of fused-ring (bicyclic) bond motifs is 1. The molecule has 1 saturated carbocycles. The third-order valence-corrected chi connectivity index (χ3v) is 8.02. The Morgan fingerprint density at radius 1 is 0.949 bits per heavy atom. The highest BCUT2D eigenvalue weighted by atomic mass is 16.5. The van der Waals surface area contributed by atoms with Crippen molar-refractivity contribution in [3.8, 4) is 0 Å². The minimum absolute atomic E-state index is 0.0275. The normalized spacial score (nSPS) is 15.3. The molecule has 0 bridgehead atoms. The number of anilines is 1. The van der Waals surface area contributed by atoms with Crippen LogP contribution in [0.5, 0.6) is 0 Å². The molecule has 2 aromatic carbocycles. The van der Waals surface area contributed by atoms with Crippen LogP contribution in [0.3, 0.4) is 0 Å². The van der Waals surface area contributed by atoms with Crippen molar-refractivity contribution in [3.05, 3.63) is 65.9 Å². The van der Waals surface area contributed by atoms with Gasteiger partial charge in [-0.25, -0.2) is 5.48 Å². The molecule has 3 N–H and O–H groups in total. The zero-order chi connectivity index (χ0) is 27.9. The molecule has 3 aromatic rings. The predicted octanol–water partition coefficient (Wildman–Crippen LogP) is 7.65.